The fourth-order valence-electron chi connectivity index (χ4n) is 3.91. The maximum Gasteiger partial charge on any atom is 0.227 e. The van der Waals surface area contributed by atoms with Gasteiger partial charge in [-0.05, 0) is 38.3 Å². The highest BCUT2D eigenvalue weighted by atomic mass is 35.5. The van der Waals surface area contributed by atoms with E-state index in [1.165, 1.54) is 0 Å². The summed E-state index contributed by atoms with van der Waals surface area (Å²) in [6.45, 7) is 6.60. The van der Waals surface area contributed by atoms with Crippen molar-refractivity contribution in [2.75, 3.05) is 26.2 Å². The van der Waals surface area contributed by atoms with Crippen molar-refractivity contribution < 1.29 is 14.3 Å². The molecule has 2 heterocycles. The quantitative estimate of drug-likeness (QED) is 0.812. The molecule has 1 aromatic rings. The summed E-state index contributed by atoms with van der Waals surface area (Å²) in [6.07, 6.45) is 1.94. The Kier molecular flexibility index (Phi) is 6.20. The Bertz CT molecular complexity index is 648. The molecule has 26 heavy (non-hydrogen) atoms. The molecule has 0 radical (unpaired) electrons. The Morgan fingerprint density at radius 2 is 1.69 bits per heavy atom. The predicted molar refractivity (Wildman–Crippen MR) is 101 cm³/mol. The molecule has 0 spiro atoms. The van der Waals surface area contributed by atoms with Crippen molar-refractivity contribution in [1.29, 1.82) is 0 Å². The van der Waals surface area contributed by atoms with E-state index in [4.69, 9.17) is 16.3 Å². The zero-order valence-electron chi connectivity index (χ0n) is 15.5. The number of piperidine rings is 1. The van der Waals surface area contributed by atoms with Crippen LogP contribution in [0.4, 0.5) is 0 Å². The molecule has 1 aromatic carbocycles. The standard InChI is InChI=1S/C20H27ClN2O3/c1-14-12-23(13-15(2)26-14)20(25)16-7-9-22(10-8-16)19(24)11-17-5-3-4-6-18(17)21/h3-6,14-16H,7-13H2,1-2H3/t14-,15+. The van der Waals surface area contributed by atoms with Crippen LogP contribution in [0.1, 0.15) is 32.3 Å². The molecule has 0 bridgehead atoms. The molecule has 0 saturated carbocycles. The van der Waals surface area contributed by atoms with E-state index in [0.29, 0.717) is 37.6 Å². The van der Waals surface area contributed by atoms with Crippen LogP contribution in [0.15, 0.2) is 24.3 Å². The van der Waals surface area contributed by atoms with E-state index in [-0.39, 0.29) is 29.9 Å². The van der Waals surface area contributed by atoms with Crippen molar-refractivity contribution in [3.8, 4) is 0 Å². The fraction of sp³-hybridized carbons (Fsp3) is 0.600. The number of nitrogens with zero attached hydrogens (tertiary/aromatic N) is 2. The number of hydrogen-bond acceptors (Lipinski definition) is 3. The maximum atomic E-state index is 12.8. The average Bonchev–Trinajstić information content (AvgIpc) is 2.62. The van der Waals surface area contributed by atoms with Gasteiger partial charge in [-0.15, -0.1) is 0 Å². The zero-order chi connectivity index (χ0) is 18.7. The highest BCUT2D eigenvalue weighted by molar-refractivity contribution is 6.31. The molecular weight excluding hydrogens is 352 g/mol. The van der Waals surface area contributed by atoms with E-state index in [0.717, 1.165) is 18.4 Å². The van der Waals surface area contributed by atoms with E-state index in [2.05, 4.69) is 0 Å². The summed E-state index contributed by atoms with van der Waals surface area (Å²) in [5.74, 6) is 0.305. The molecule has 2 saturated heterocycles. The minimum Gasteiger partial charge on any atom is -0.372 e. The monoisotopic (exact) mass is 378 g/mol. The van der Waals surface area contributed by atoms with E-state index < -0.39 is 0 Å². The van der Waals surface area contributed by atoms with E-state index in [1.54, 1.807) is 6.07 Å². The summed E-state index contributed by atoms with van der Waals surface area (Å²) in [6, 6.07) is 7.45. The molecule has 2 aliphatic heterocycles. The lowest BCUT2D eigenvalue weighted by atomic mass is 9.94. The summed E-state index contributed by atoms with van der Waals surface area (Å²) in [5.41, 5.74) is 0.855. The molecule has 3 rings (SSSR count). The van der Waals surface area contributed by atoms with Gasteiger partial charge < -0.3 is 14.5 Å². The zero-order valence-corrected chi connectivity index (χ0v) is 16.2. The molecule has 0 aliphatic carbocycles. The number of ether oxygens (including phenoxy) is 1. The average molecular weight is 379 g/mol. The van der Waals surface area contributed by atoms with Gasteiger partial charge in [-0.2, -0.15) is 0 Å². The highest BCUT2D eigenvalue weighted by Gasteiger charge is 2.33. The molecule has 2 fully saturated rings. The molecule has 2 aliphatic rings. The topological polar surface area (TPSA) is 49.9 Å². The van der Waals surface area contributed by atoms with Crippen molar-refractivity contribution in [2.45, 2.75) is 45.3 Å². The summed E-state index contributed by atoms with van der Waals surface area (Å²) in [4.78, 5) is 29.1. The second-order valence-corrected chi connectivity index (χ2v) is 7.83. The molecule has 5 nitrogen and oxygen atoms in total. The summed E-state index contributed by atoms with van der Waals surface area (Å²) in [5, 5.41) is 0.626. The molecular formula is C20H27ClN2O3. The highest BCUT2D eigenvalue weighted by Crippen LogP contribution is 2.23. The second kappa shape index (κ2) is 8.40. The molecule has 0 aromatic heterocycles. The molecule has 0 unspecified atom stereocenters. The Morgan fingerprint density at radius 3 is 2.31 bits per heavy atom. The Morgan fingerprint density at radius 1 is 1.08 bits per heavy atom. The molecule has 2 amide bonds. The minimum atomic E-state index is 0.0110. The van der Waals surface area contributed by atoms with Gasteiger partial charge in [-0.3, -0.25) is 9.59 Å². The Hall–Kier alpha value is -1.59. The number of halogens is 1. The Labute approximate surface area is 160 Å². The van der Waals surface area contributed by atoms with E-state index >= 15 is 0 Å². The lowest BCUT2D eigenvalue weighted by Gasteiger charge is -2.39. The summed E-state index contributed by atoms with van der Waals surface area (Å²) in [7, 11) is 0. The van der Waals surface area contributed by atoms with Crippen LogP contribution in [0.3, 0.4) is 0 Å². The number of hydrogen-bond donors (Lipinski definition) is 0. The molecule has 0 N–H and O–H groups in total. The van der Waals surface area contributed by atoms with Gasteiger partial charge >= 0.3 is 0 Å². The number of amides is 2. The lowest BCUT2D eigenvalue weighted by Crippen LogP contribution is -2.51. The first-order valence-corrected chi connectivity index (χ1v) is 9.77. The number of carbonyl (C=O) groups excluding carboxylic acids is 2. The van der Waals surface area contributed by atoms with E-state index in [1.807, 2.05) is 41.8 Å². The normalized spacial score (nSPS) is 24.6. The molecule has 142 valence electrons. The van der Waals surface area contributed by atoms with Crippen molar-refractivity contribution in [1.82, 2.24) is 9.80 Å². The van der Waals surface area contributed by atoms with Gasteiger partial charge in [0.05, 0.1) is 18.6 Å². The van der Waals surface area contributed by atoms with Gasteiger partial charge in [0.1, 0.15) is 0 Å². The van der Waals surface area contributed by atoms with Crippen molar-refractivity contribution in [3.05, 3.63) is 34.9 Å². The van der Waals surface area contributed by atoms with Gasteiger partial charge in [0.15, 0.2) is 0 Å². The number of likely N-dealkylation sites (tertiary alicyclic amines) is 1. The van der Waals surface area contributed by atoms with Gasteiger partial charge in [-0.25, -0.2) is 0 Å². The van der Waals surface area contributed by atoms with E-state index in [9.17, 15) is 9.59 Å². The van der Waals surface area contributed by atoms with Gasteiger partial charge in [-0.1, -0.05) is 29.8 Å². The van der Waals surface area contributed by atoms with Gasteiger partial charge in [0, 0.05) is 37.1 Å². The third-order valence-corrected chi connectivity index (χ3v) is 5.60. The second-order valence-electron chi connectivity index (χ2n) is 7.42. The van der Waals surface area contributed by atoms with Crippen LogP contribution >= 0.6 is 11.6 Å². The minimum absolute atomic E-state index is 0.0110. The van der Waals surface area contributed by atoms with Gasteiger partial charge in [0.25, 0.3) is 0 Å². The third kappa shape index (κ3) is 4.57. The van der Waals surface area contributed by atoms with Crippen LogP contribution in [0.5, 0.6) is 0 Å². The number of rotatable bonds is 3. The first-order chi connectivity index (χ1) is 12.4. The van der Waals surface area contributed by atoms with Crippen LogP contribution in [-0.4, -0.2) is 60.0 Å². The van der Waals surface area contributed by atoms with Crippen molar-refractivity contribution in [2.24, 2.45) is 5.92 Å². The molecule has 2 atom stereocenters. The molecule has 6 heteroatoms. The Balaban J connectivity index is 1.51. The third-order valence-electron chi connectivity index (χ3n) is 5.23. The van der Waals surface area contributed by atoms with Crippen LogP contribution in [-0.2, 0) is 20.7 Å². The summed E-state index contributed by atoms with van der Waals surface area (Å²) < 4.78 is 5.71. The number of benzene rings is 1. The first kappa shape index (κ1) is 19.2. The fourth-order valence-corrected chi connectivity index (χ4v) is 4.11. The van der Waals surface area contributed by atoms with Crippen LogP contribution < -0.4 is 0 Å². The van der Waals surface area contributed by atoms with Crippen LogP contribution in [0.2, 0.25) is 5.02 Å². The van der Waals surface area contributed by atoms with Gasteiger partial charge in [0.2, 0.25) is 11.8 Å². The van der Waals surface area contributed by atoms with Crippen LogP contribution in [0.25, 0.3) is 0 Å². The lowest BCUT2D eigenvalue weighted by molar-refractivity contribution is -0.150. The van der Waals surface area contributed by atoms with Crippen molar-refractivity contribution in [3.63, 3.8) is 0 Å². The smallest absolute Gasteiger partial charge is 0.227 e. The number of carbonyl (C=O) groups is 2. The largest absolute Gasteiger partial charge is 0.372 e. The first-order valence-electron chi connectivity index (χ1n) is 9.39. The predicted octanol–water partition coefficient (Wildman–Crippen LogP) is 2.76. The summed E-state index contributed by atoms with van der Waals surface area (Å²) >= 11 is 6.15. The SMILES string of the molecule is C[C@@H]1CN(C(=O)C2CCN(C(=O)Cc3ccccc3Cl)CC2)C[C@H](C)O1. The number of morpholine rings is 1. The van der Waals surface area contributed by atoms with Crippen LogP contribution in [0, 0.1) is 5.92 Å². The maximum absolute atomic E-state index is 12.8. The van der Waals surface area contributed by atoms with Crippen molar-refractivity contribution >= 4 is 23.4 Å².